The Hall–Kier alpha value is -4.38. The third kappa shape index (κ3) is 8.66. The van der Waals surface area contributed by atoms with Gasteiger partial charge in [-0.05, 0) is 63.7 Å². The van der Waals surface area contributed by atoms with Gasteiger partial charge in [-0.3, -0.25) is 4.79 Å². The molecule has 2 fully saturated rings. The van der Waals surface area contributed by atoms with Gasteiger partial charge in [0.25, 0.3) is 5.91 Å². The molecule has 2 saturated heterocycles. The van der Waals surface area contributed by atoms with Gasteiger partial charge in [0.2, 0.25) is 0 Å². The molecular formula is C33H32BrF2N5O5. The van der Waals surface area contributed by atoms with E-state index < -0.39 is 29.9 Å². The number of hydrogen-bond acceptors (Lipinski definition) is 8. The average molecular weight is 697 g/mol. The standard InChI is InChI=1S/C33H32BrF2N5O5/c34-26-20-38-32(31(36)30(26)23-9-10-24(18-37)27(35)17-23)41-14-12-25(13-15-41)45-33(43)39-19-22-6-4-21(5-7-22)8-11-28(42)40-46-29-3-1-2-16-44-29/h4-11,17,20,25,29H,1-3,12-16,19H2,(H,39,43)(H,40,42)/b11-8+. The molecule has 10 nitrogen and oxygen atoms in total. The van der Waals surface area contributed by atoms with Crippen LogP contribution in [0.1, 0.15) is 48.8 Å². The first-order valence-electron chi connectivity index (χ1n) is 14.9. The van der Waals surface area contributed by atoms with E-state index in [-0.39, 0.29) is 35.2 Å². The van der Waals surface area contributed by atoms with Crippen molar-refractivity contribution in [2.75, 3.05) is 24.6 Å². The molecule has 1 aromatic heterocycles. The number of carbonyl (C=O) groups excluding carboxylic acids is 2. The highest BCUT2D eigenvalue weighted by Gasteiger charge is 2.27. The number of alkyl carbamates (subject to hydrolysis) is 1. The normalized spacial score (nSPS) is 17.0. The molecular weight excluding hydrogens is 664 g/mol. The topological polar surface area (TPSA) is 126 Å². The van der Waals surface area contributed by atoms with Crippen LogP contribution in [0.5, 0.6) is 0 Å². The highest BCUT2D eigenvalue weighted by atomic mass is 79.9. The van der Waals surface area contributed by atoms with Crippen molar-refractivity contribution in [3.05, 3.63) is 87.5 Å². The summed E-state index contributed by atoms with van der Waals surface area (Å²) in [6, 6.07) is 13.0. The zero-order valence-electron chi connectivity index (χ0n) is 24.8. The Morgan fingerprint density at radius 1 is 1.13 bits per heavy atom. The van der Waals surface area contributed by atoms with Crippen molar-refractivity contribution in [3.8, 4) is 17.2 Å². The first-order valence-corrected chi connectivity index (χ1v) is 15.7. The second kappa shape index (κ2) is 15.8. The molecule has 2 amide bonds. The molecule has 0 spiro atoms. The van der Waals surface area contributed by atoms with Crippen molar-refractivity contribution in [2.24, 2.45) is 0 Å². The van der Waals surface area contributed by atoms with Crippen molar-refractivity contribution in [1.82, 2.24) is 15.8 Å². The third-order valence-electron chi connectivity index (χ3n) is 7.62. The van der Waals surface area contributed by atoms with E-state index in [2.05, 4.69) is 31.7 Å². The number of ether oxygens (including phenoxy) is 2. The number of nitriles is 1. The highest BCUT2D eigenvalue weighted by Crippen LogP contribution is 2.36. The van der Waals surface area contributed by atoms with Crippen molar-refractivity contribution in [3.63, 3.8) is 0 Å². The number of halogens is 3. The highest BCUT2D eigenvalue weighted by molar-refractivity contribution is 9.10. The van der Waals surface area contributed by atoms with Crippen LogP contribution >= 0.6 is 15.9 Å². The number of nitrogens with one attached hydrogen (secondary N) is 2. The lowest BCUT2D eigenvalue weighted by molar-refractivity contribution is -0.198. The summed E-state index contributed by atoms with van der Waals surface area (Å²) in [7, 11) is 0. The van der Waals surface area contributed by atoms with Gasteiger partial charge in [-0.1, -0.05) is 30.3 Å². The van der Waals surface area contributed by atoms with Crippen LogP contribution in [0.3, 0.4) is 0 Å². The molecule has 0 radical (unpaired) electrons. The fraction of sp³-hybridized carbons (Fsp3) is 0.333. The summed E-state index contributed by atoms with van der Waals surface area (Å²) >= 11 is 3.30. The van der Waals surface area contributed by atoms with Crippen molar-refractivity contribution < 1.29 is 32.7 Å². The summed E-state index contributed by atoms with van der Waals surface area (Å²) in [6.45, 7) is 1.68. The first-order chi connectivity index (χ1) is 22.3. The maximum Gasteiger partial charge on any atom is 0.407 e. The fourth-order valence-corrected chi connectivity index (χ4v) is 5.64. The predicted octanol–water partition coefficient (Wildman–Crippen LogP) is 6.14. The van der Waals surface area contributed by atoms with E-state index in [1.807, 2.05) is 24.3 Å². The van der Waals surface area contributed by atoms with Gasteiger partial charge in [-0.2, -0.15) is 5.26 Å². The minimum absolute atomic E-state index is 0.118. The van der Waals surface area contributed by atoms with Gasteiger partial charge in [-0.25, -0.2) is 28.9 Å². The van der Waals surface area contributed by atoms with Crippen LogP contribution in [0, 0.1) is 23.0 Å². The Balaban J connectivity index is 1.06. The summed E-state index contributed by atoms with van der Waals surface area (Å²) in [5.74, 6) is -1.62. The summed E-state index contributed by atoms with van der Waals surface area (Å²) in [6.07, 6.45) is 6.84. The van der Waals surface area contributed by atoms with Gasteiger partial charge < -0.3 is 19.7 Å². The SMILES string of the molecule is N#Cc1ccc(-c2c(Br)cnc(N3CCC(OC(=O)NCc4ccc(/C=C/C(=O)NOC5CCCCO5)cc4)CC3)c2F)cc1F. The minimum atomic E-state index is -0.733. The molecule has 2 aliphatic heterocycles. The van der Waals surface area contributed by atoms with Gasteiger partial charge in [0.05, 0.1) is 5.56 Å². The number of amides is 2. The average Bonchev–Trinajstić information content (AvgIpc) is 3.07. The van der Waals surface area contributed by atoms with E-state index in [9.17, 15) is 14.0 Å². The maximum absolute atomic E-state index is 15.6. The van der Waals surface area contributed by atoms with Crippen molar-refractivity contribution in [1.29, 1.82) is 5.26 Å². The monoisotopic (exact) mass is 695 g/mol. The summed E-state index contributed by atoms with van der Waals surface area (Å²) < 4.78 is 41.2. The molecule has 46 heavy (non-hydrogen) atoms. The van der Waals surface area contributed by atoms with Crippen molar-refractivity contribution in [2.45, 2.75) is 51.0 Å². The molecule has 0 saturated carbocycles. The van der Waals surface area contributed by atoms with Crippen LogP contribution in [-0.4, -0.2) is 49.1 Å². The zero-order chi connectivity index (χ0) is 32.5. The molecule has 0 aliphatic carbocycles. The molecule has 240 valence electrons. The van der Waals surface area contributed by atoms with Gasteiger partial charge in [-0.15, -0.1) is 0 Å². The first kappa shape index (κ1) is 33.0. The van der Waals surface area contributed by atoms with Crippen LogP contribution in [-0.2, 0) is 25.7 Å². The van der Waals surface area contributed by atoms with E-state index in [1.165, 1.54) is 24.4 Å². The zero-order valence-corrected chi connectivity index (χ0v) is 26.4. The number of benzene rings is 2. The lowest BCUT2D eigenvalue weighted by atomic mass is 10.0. The van der Waals surface area contributed by atoms with E-state index in [4.69, 9.17) is 19.6 Å². The molecule has 2 N–H and O–H groups in total. The number of anilines is 1. The Labute approximate surface area is 273 Å². The van der Waals surface area contributed by atoms with Crippen LogP contribution in [0.2, 0.25) is 0 Å². The number of nitrogens with zero attached hydrogens (tertiary/aromatic N) is 3. The van der Waals surface area contributed by atoms with Gasteiger partial charge >= 0.3 is 6.09 Å². The van der Waals surface area contributed by atoms with E-state index >= 15 is 4.39 Å². The maximum atomic E-state index is 15.6. The van der Waals surface area contributed by atoms with Crippen LogP contribution in [0.25, 0.3) is 17.2 Å². The van der Waals surface area contributed by atoms with E-state index in [1.54, 1.807) is 17.0 Å². The van der Waals surface area contributed by atoms with Crippen LogP contribution in [0.15, 0.2) is 59.2 Å². The Kier molecular flexibility index (Phi) is 11.3. The molecule has 2 aromatic carbocycles. The molecule has 2 aliphatic rings. The Bertz CT molecular complexity index is 1620. The summed E-state index contributed by atoms with van der Waals surface area (Å²) in [5, 5.41) is 11.7. The van der Waals surface area contributed by atoms with Crippen LogP contribution in [0.4, 0.5) is 19.4 Å². The molecule has 3 heterocycles. The summed E-state index contributed by atoms with van der Waals surface area (Å²) in [4.78, 5) is 35.7. The molecule has 5 rings (SSSR count). The van der Waals surface area contributed by atoms with Gasteiger partial charge in [0, 0.05) is 67.8 Å². The quantitative estimate of drug-likeness (QED) is 0.202. The molecule has 1 atom stereocenters. The smallest absolute Gasteiger partial charge is 0.407 e. The summed E-state index contributed by atoms with van der Waals surface area (Å²) in [5.41, 5.74) is 4.33. The Morgan fingerprint density at radius 3 is 2.61 bits per heavy atom. The minimum Gasteiger partial charge on any atom is -0.446 e. The largest absolute Gasteiger partial charge is 0.446 e. The van der Waals surface area contributed by atoms with Gasteiger partial charge in [0.15, 0.2) is 17.9 Å². The third-order valence-corrected chi connectivity index (χ3v) is 8.22. The molecule has 1 unspecified atom stereocenters. The number of hydroxylamine groups is 1. The second-order valence-corrected chi connectivity index (χ2v) is 11.7. The van der Waals surface area contributed by atoms with Crippen molar-refractivity contribution >= 4 is 39.8 Å². The number of carbonyl (C=O) groups is 2. The predicted molar refractivity (Wildman–Crippen MR) is 169 cm³/mol. The molecule has 13 heteroatoms. The van der Waals surface area contributed by atoms with E-state index in [0.29, 0.717) is 37.0 Å². The number of rotatable bonds is 9. The van der Waals surface area contributed by atoms with Crippen LogP contribution < -0.4 is 15.7 Å². The number of piperidine rings is 1. The number of pyridine rings is 1. The molecule has 3 aromatic rings. The Morgan fingerprint density at radius 2 is 1.91 bits per heavy atom. The van der Waals surface area contributed by atoms with E-state index in [0.717, 1.165) is 36.5 Å². The lowest BCUT2D eigenvalue weighted by Gasteiger charge is -2.33. The number of aromatic nitrogens is 1. The molecule has 0 bridgehead atoms. The lowest BCUT2D eigenvalue weighted by Crippen LogP contribution is -2.40. The second-order valence-electron chi connectivity index (χ2n) is 10.8. The van der Waals surface area contributed by atoms with Gasteiger partial charge in [0.1, 0.15) is 18.0 Å². The number of hydrogen-bond donors (Lipinski definition) is 2. The fourth-order valence-electron chi connectivity index (χ4n) is 5.14.